The van der Waals surface area contributed by atoms with Crippen molar-refractivity contribution in [3.63, 3.8) is 0 Å². The summed E-state index contributed by atoms with van der Waals surface area (Å²) in [6.07, 6.45) is 2.28. The Morgan fingerprint density at radius 1 is 0.800 bits per heavy atom. The average molecular weight is 973 g/mol. The largest absolute Gasteiger partial charge is 0.469 e. The predicted molar refractivity (Wildman–Crippen MR) is 272 cm³/mol. The number of H-pyrrole nitrogens is 1. The van der Waals surface area contributed by atoms with Crippen LogP contribution in [-0.4, -0.2) is 199 Å². The van der Waals surface area contributed by atoms with Crippen molar-refractivity contribution in [3.05, 3.63) is 59.4 Å². The van der Waals surface area contributed by atoms with Gasteiger partial charge in [-0.2, -0.15) is 0 Å². The Balaban J connectivity index is 1.17. The number of nitrogens with one attached hydrogen (secondary N) is 5. The summed E-state index contributed by atoms with van der Waals surface area (Å²) in [5.41, 5.74) is 3.44. The minimum Gasteiger partial charge on any atom is -0.469 e. The highest BCUT2D eigenvalue weighted by molar-refractivity contribution is 5.96. The maximum atomic E-state index is 14.0. The smallest absolute Gasteiger partial charge is 0.308 e. The molecule has 2 aliphatic rings. The van der Waals surface area contributed by atoms with Gasteiger partial charge in [0.2, 0.25) is 23.6 Å². The van der Waals surface area contributed by atoms with E-state index in [-0.39, 0.29) is 62.8 Å². The van der Waals surface area contributed by atoms with E-state index < -0.39 is 30.0 Å². The molecule has 5 rings (SSSR count). The number of carbonyl (C=O) groups is 6. The van der Waals surface area contributed by atoms with Crippen LogP contribution in [0.25, 0.3) is 11.0 Å². The van der Waals surface area contributed by atoms with Crippen LogP contribution < -0.4 is 21.3 Å². The van der Waals surface area contributed by atoms with Crippen LogP contribution in [-0.2, 0) is 41.8 Å². The SMILES string of the molecule is CCC[C@H](NC(=O)[C@@H](CCC)NC(=O)CN1CCN(CC)CCN(CC)CCN(CC)CC1)C(=O)NCCCN1Cc2cc(C(=O)N(C)Cc3nc4ccccc4[nH]3)ccc2N[C@H](CC(=O)OC)C1=O. The number of hydrogen-bond acceptors (Lipinski definition) is 13. The van der Waals surface area contributed by atoms with Gasteiger partial charge in [0.15, 0.2) is 0 Å². The molecular formula is C51H80N12O7. The molecule has 0 spiro atoms. The highest BCUT2D eigenvalue weighted by Gasteiger charge is 2.32. The van der Waals surface area contributed by atoms with E-state index in [2.05, 4.69) is 71.6 Å². The first kappa shape index (κ1) is 55.3. The Hall–Kier alpha value is -5.63. The van der Waals surface area contributed by atoms with Crippen LogP contribution in [0, 0.1) is 0 Å². The van der Waals surface area contributed by atoms with E-state index in [0.29, 0.717) is 54.7 Å². The van der Waals surface area contributed by atoms with Crippen LogP contribution in [0.3, 0.4) is 0 Å². The number of hydrogen-bond donors (Lipinski definition) is 5. The lowest BCUT2D eigenvalue weighted by molar-refractivity contribution is -0.144. The Bertz CT molecular complexity index is 2130. The van der Waals surface area contributed by atoms with Gasteiger partial charge < -0.3 is 55.5 Å². The first-order chi connectivity index (χ1) is 33.8. The normalized spacial score (nSPS) is 17.8. The minimum atomic E-state index is -0.913. The topological polar surface area (TPSA) is 208 Å². The van der Waals surface area contributed by atoms with Gasteiger partial charge in [-0.05, 0) is 74.8 Å². The number of ether oxygens (including phenoxy) is 1. The molecule has 1 fully saturated rings. The monoisotopic (exact) mass is 973 g/mol. The van der Waals surface area contributed by atoms with Crippen molar-refractivity contribution in [2.45, 2.75) is 104 Å². The molecule has 19 nitrogen and oxygen atoms in total. The Kier molecular flexibility index (Phi) is 22.3. The zero-order valence-corrected chi connectivity index (χ0v) is 42.8. The van der Waals surface area contributed by atoms with E-state index in [0.717, 1.165) is 83.0 Å². The van der Waals surface area contributed by atoms with Crippen molar-refractivity contribution >= 4 is 52.2 Å². The third kappa shape index (κ3) is 16.5. The first-order valence-corrected chi connectivity index (χ1v) is 25.5. The summed E-state index contributed by atoms with van der Waals surface area (Å²) < 4.78 is 4.91. The molecule has 2 aliphatic heterocycles. The molecule has 19 heteroatoms. The fourth-order valence-electron chi connectivity index (χ4n) is 9.05. The average Bonchev–Trinajstić information content (AvgIpc) is 3.71. The fraction of sp³-hybridized carbons (Fsp3) is 0.627. The molecule has 5 amide bonds. The second-order valence-corrected chi connectivity index (χ2v) is 18.5. The number of benzene rings is 2. The summed E-state index contributed by atoms with van der Waals surface area (Å²) in [6.45, 7) is 21.5. The standard InChI is InChI=1S/C51H80N12O7/c1-8-16-42(57-49(67)43(17-9-2)56-46(64)36-62-30-28-60(11-4)26-24-59(10-3)25-27-61(12-5)29-31-62)48(66)52-22-15-23-63-34-38-32-37(20-21-39(38)53-44(51(63)69)33-47(65)70-7)50(68)58(6)35-45-54-40-18-13-14-19-41(40)55-45/h13-14,18-21,32,42-44,53H,8-12,15-17,22-31,33-36H2,1-7H3,(H,52,66)(H,54,55)(H,56,64)(H,57,67)/t42-,43+,44+/m0/s1. The number of aromatic nitrogens is 2. The molecule has 70 heavy (non-hydrogen) atoms. The number of methoxy groups -OCH3 is 1. The van der Waals surface area contributed by atoms with Crippen molar-refractivity contribution in [2.24, 2.45) is 0 Å². The van der Waals surface area contributed by atoms with E-state index in [4.69, 9.17) is 4.74 Å². The molecule has 0 unspecified atom stereocenters. The van der Waals surface area contributed by atoms with Crippen LogP contribution in [0.2, 0.25) is 0 Å². The zero-order valence-electron chi connectivity index (χ0n) is 42.8. The summed E-state index contributed by atoms with van der Waals surface area (Å²) >= 11 is 0. The van der Waals surface area contributed by atoms with Crippen LogP contribution in [0.15, 0.2) is 42.5 Å². The number of esters is 1. The fourth-order valence-corrected chi connectivity index (χ4v) is 9.05. The quantitative estimate of drug-likeness (QED) is 0.0727. The van der Waals surface area contributed by atoms with Crippen LogP contribution in [0.1, 0.15) is 94.9 Å². The molecule has 0 aliphatic carbocycles. The molecule has 3 aromatic rings. The van der Waals surface area contributed by atoms with Gasteiger partial charge in [0.1, 0.15) is 23.9 Å². The molecule has 0 bridgehead atoms. The molecule has 1 saturated heterocycles. The number of carbonyl (C=O) groups excluding carboxylic acids is 6. The Morgan fingerprint density at radius 2 is 1.40 bits per heavy atom. The maximum Gasteiger partial charge on any atom is 0.308 e. The molecular weight excluding hydrogens is 893 g/mol. The lowest BCUT2D eigenvalue weighted by atomic mass is 10.1. The number of fused-ring (bicyclic) bond motifs is 2. The molecule has 2 aromatic carbocycles. The number of imidazole rings is 1. The van der Waals surface area contributed by atoms with Crippen LogP contribution in [0.4, 0.5) is 5.69 Å². The van der Waals surface area contributed by atoms with E-state index in [9.17, 15) is 28.8 Å². The van der Waals surface area contributed by atoms with Crippen LogP contribution >= 0.6 is 0 Å². The summed E-state index contributed by atoms with van der Waals surface area (Å²) in [5, 5.41) is 12.1. The van der Waals surface area contributed by atoms with Gasteiger partial charge in [-0.3, -0.25) is 33.7 Å². The van der Waals surface area contributed by atoms with Crippen molar-refractivity contribution in [1.82, 2.24) is 55.3 Å². The van der Waals surface area contributed by atoms with Gasteiger partial charge in [0.05, 0.1) is 37.7 Å². The lowest BCUT2D eigenvalue weighted by Gasteiger charge is -2.33. The van der Waals surface area contributed by atoms with E-state index in [1.165, 1.54) is 7.11 Å². The molecule has 386 valence electrons. The number of amides is 5. The van der Waals surface area contributed by atoms with Crippen LogP contribution in [0.5, 0.6) is 0 Å². The van der Waals surface area contributed by atoms with E-state index >= 15 is 0 Å². The molecule has 1 aromatic heterocycles. The Labute approximate surface area is 414 Å². The highest BCUT2D eigenvalue weighted by Crippen LogP contribution is 2.27. The van der Waals surface area contributed by atoms with E-state index in [1.807, 2.05) is 38.1 Å². The number of para-hydroxylation sites is 2. The number of likely N-dealkylation sites (N-methyl/N-ethyl adjacent to an activating group) is 3. The van der Waals surface area contributed by atoms with Crippen molar-refractivity contribution < 1.29 is 33.5 Å². The number of aromatic amines is 1. The lowest BCUT2D eigenvalue weighted by Crippen LogP contribution is -2.55. The van der Waals surface area contributed by atoms with Crippen molar-refractivity contribution in [1.29, 1.82) is 0 Å². The van der Waals surface area contributed by atoms with Crippen molar-refractivity contribution in [3.8, 4) is 0 Å². The maximum absolute atomic E-state index is 14.0. The molecule has 3 heterocycles. The second-order valence-electron chi connectivity index (χ2n) is 18.5. The first-order valence-electron chi connectivity index (χ1n) is 25.5. The summed E-state index contributed by atoms with van der Waals surface area (Å²) in [4.78, 5) is 102. The molecule has 0 radical (unpaired) electrons. The molecule has 0 saturated carbocycles. The third-order valence-corrected chi connectivity index (χ3v) is 13.4. The minimum absolute atomic E-state index is 0.157. The Morgan fingerprint density at radius 3 is 1.99 bits per heavy atom. The third-order valence-electron chi connectivity index (χ3n) is 13.4. The second kappa shape index (κ2) is 28.3. The van der Waals surface area contributed by atoms with E-state index in [1.54, 1.807) is 35.0 Å². The van der Waals surface area contributed by atoms with Gasteiger partial charge in [0, 0.05) is 90.3 Å². The summed E-state index contributed by atoms with van der Waals surface area (Å²) in [5.74, 6) is -1.42. The predicted octanol–water partition coefficient (Wildman–Crippen LogP) is 2.88. The van der Waals surface area contributed by atoms with Crippen molar-refractivity contribution in [2.75, 3.05) is 111 Å². The number of nitrogens with zero attached hydrogens (tertiary/aromatic N) is 7. The van der Waals surface area contributed by atoms with Gasteiger partial charge in [-0.1, -0.05) is 59.6 Å². The van der Waals surface area contributed by atoms with Gasteiger partial charge in [-0.15, -0.1) is 0 Å². The van der Waals surface area contributed by atoms with Gasteiger partial charge in [-0.25, -0.2) is 4.98 Å². The number of anilines is 1. The summed E-state index contributed by atoms with van der Waals surface area (Å²) in [6, 6.07) is 10.3. The number of rotatable bonds is 22. The zero-order chi connectivity index (χ0) is 50.6. The highest BCUT2D eigenvalue weighted by atomic mass is 16.5. The van der Waals surface area contributed by atoms with Gasteiger partial charge >= 0.3 is 5.97 Å². The summed E-state index contributed by atoms with van der Waals surface area (Å²) in [7, 11) is 2.98. The molecule has 5 N–H and O–H groups in total. The van der Waals surface area contributed by atoms with Gasteiger partial charge in [0.25, 0.3) is 5.91 Å². The molecule has 3 atom stereocenters.